The van der Waals surface area contributed by atoms with E-state index in [-0.39, 0.29) is 0 Å². The van der Waals surface area contributed by atoms with Crippen LogP contribution in [-0.4, -0.2) is 6.29 Å². The van der Waals surface area contributed by atoms with Gasteiger partial charge in [0.05, 0.1) is 0 Å². The van der Waals surface area contributed by atoms with Crippen LogP contribution in [0, 0.1) is 6.92 Å². The van der Waals surface area contributed by atoms with Gasteiger partial charge in [0.15, 0.2) is 12.0 Å². The molecule has 0 bridgehead atoms. The monoisotopic (exact) mass is 166 g/mol. The van der Waals surface area contributed by atoms with Crippen LogP contribution in [0.3, 0.4) is 0 Å². The molecule has 0 aliphatic rings. The third-order valence-corrected chi connectivity index (χ3v) is 1.89. The highest BCUT2D eigenvalue weighted by atomic mass is 19.1. The molecule has 12 heavy (non-hydrogen) atoms. The van der Waals surface area contributed by atoms with Gasteiger partial charge in [-0.3, -0.25) is 4.79 Å². The van der Waals surface area contributed by atoms with Crippen LogP contribution < -0.4 is 0 Å². The normalized spacial score (nSPS) is 15.2. The van der Waals surface area contributed by atoms with Crippen molar-refractivity contribution in [2.45, 2.75) is 19.5 Å². The number of carbonyl (C=O) groups excluding carboxylic acids is 1. The molecule has 1 rings (SSSR count). The molecular weight excluding hydrogens is 155 g/mol. The van der Waals surface area contributed by atoms with Gasteiger partial charge >= 0.3 is 0 Å². The third-order valence-electron chi connectivity index (χ3n) is 1.89. The molecular formula is C10H11FO. The summed E-state index contributed by atoms with van der Waals surface area (Å²) in [7, 11) is 0. The lowest BCUT2D eigenvalue weighted by molar-refractivity contribution is -0.117. The van der Waals surface area contributed by atoms with Crippen LogP contribution in [0.1, 0.15) is 18.1 Å². The molecule has 1 aromatic rings. The zero-order chi connectivity index (χ0) is 9.19. The number of halogens is 1. The number of hydrogen-bond donors (Lipinski definition) is 0. The summed E-state index contributed by atoms with van der Waals surface area (Å²) in [4.78, 5) is 10.4. The first-order valence-corrected chi connectivity index (χ1v) is 3.79. The van der Waals surface area contributed by atoms with E-state index in [0.29, 0.717) is 11.8 Å². The molecule has 0 aromatic heterocycles. The van der Waals surface area contributed by atoms with Gasteiger partial charge in [0.2, 0.25) is 0 Å². The highest BCUT2D eigenvalue weighted by Crippen LogP contribution is 2.25. The first kappa shape index (κ1) is 8.91. The van der Waals surface area contributed by atoms with Gasteiger partial charge in [0.1, 0.15) is 0 Å². The molecule has 0 saturated carbocycles. The summed E-state index contributed by atoms with van der Waals surface area (Å²) in [5, 5.41) is 0. The van der Waals surface area contributed by atoms with Crippen LogP contribution >= 0.6 is 0 Å². The molecule has 1 nitrogen and oxygen atoms in total. The number of aldehydes is 1. The van der Waals surface area contributed by atoms with E-state index in [2.05, 4.69) is 0 Å². The first-order valence-electron chi connectivity index (χ1n) is 3.79. The second-order valence-electron chi connectivity index (χ2n) is 3.01. The second-order valence-corrected chi connectivity index (χ2v) is 3.01. The van der Waals surface area contributed by atoms with Crippen molar-refractivity contribution in [2.75, 3.05) is 0 Å². The Balaban J connectivity index is 3.19. The molecule has 0 saturated heterocycles. The van der Waals surface area contributed by atoms with Crippen molar-refractivity contribution in [3.8, 4) is 0 Å². The van der Waals surface area contributed by atoms with Crippen LogP contribution in [0.2, 0.25) is 0 Å². The summed E-state index contributed by atoms with van der Waals surface area (Å²) in [5.74, 6) is 0. The molecule has 0 amide bonds. The second kappa shape index (κ2) is 3.05. The van der Waals surface area contributed by atoms with E-state index in [1.807, 2.05) is 6.07 Å². The van der Waals surface area contributed by atoms with Crippen molar-refractivity contribution in [2.24, 2.45) is 0 Å². The van der Waals surface area contributed by atoms with E-state index in [1.54, 1.807) is 25.1 Å². The molecule has 0 fully saturated rings. The van der Waals surface area contributed by atoms with Crippen molar-refractivity contribution < 1.29 is 9.18 Å². The molecule has 0 radical (unpaired) electrons. The lowest BCUT2D eigenvalue weighted by Crippen LogP contribution is -2.17. The van der Waals surface area contributed by atoms with Gasteiger partial charge in [-0.1, -0.05) is 24.3 Å². The van der Waals surface area contributed by atoms with Gasteiger partial charge in [0.25, 0.3) is 0 Å². The average molecular weight is 166 g/mol. The molecule has 0 spiro atoms. The summed E-state index contributed by atoms with van der Waals surface area (Å²) in [5.41, 5.74) is -0.611. The molecule has 0 N–H and O–H groups in total. The lowest BCUT2D eigenvalue weighted by atomic mass is 9.95. The molecule has 2 heteroatoms. The van der Waals surface area contributed by atoms with Crippen LogP contribution in [0.5, 0.6) is 0 Å². The number of rotatable bonds is 2. The molecule has 1 atom stereocenters. The fraction of sp³-hybridized carbons (Fsp3) is 0.300. The van der Waals surface area contributed by atoms with Gasteiger partial charge < -0.3 is 0 Å². The molecule has 0 heterocycles. The van der Waals surface area contributed by atoms with E-state index >= 15 is 0 Å². The highest BCUT2D eigenvalue weighted by molar-refractivity contribution is 5.66. The number of benzene rings is 1. The average Bonchev–Trinajstić information content (AvgIpc) is 2.05. The van der Waals surface area contributed by atoms with Gasteiger partial charge in [-0.25, -0.2) is 4.39 Å². The van der Waals surface area contributed by atoms with Gasteiger partial charge in [-0.05, 0) is 25.0 Å². The number of hydrogen-bond acceptors (Lipinski definition) is 1. The zero-order valence-electron chi connectivity index (χ0n) is 7.17. The minimum atomic E-state index is -1.86. The minimum absolute atomic E-state index is 0.329. The molecule has 64 valence electrons. The Morgan fingerprint density at radius 3 is 2.50 bits per heavy atom. The number of alkyl halides is 1. The third kappa shape index (κ3) is 1.52. The van der Waals surface area contributed by atoms with Gasteiger partial charge in [-0.2, -0.15) is 0 Å². The Morgan fingerprint density at radius 1 is 1.42 bits per heavy atom. The van der Waals surface area contributed by atoms with E-state index in [4.69, 9.17) is 0 Å². The standard InChI is InChI=1S/C10H11FO/c1-8-5-3-4-6-9(8)10(2,11)7-12/h3-7H,1-2H3. The first-order chi connectivity index (χ1) is 5.58. The largest absolute Gasteiger partial charge is 0.299 e. The van der Waals surface area contributed by atoms with E-state index in [0.717, 1.165) is 5.56 Å². The predicted molar refractivity (Wildman–Crippen MR) is 45.7 cm³/mol. The maximum atomic E-state index is 13.4. The summed E-state index contributed by atoms with van der Waals surface area (Å²) in [6.45, 7) is 3.05. The Bertz CT molecular complexity index is 292. The van der Waals surface area contributed by atoms with Gasteiger partial charge in [0, 0.05) is 0 Å². The summed E-state index contributed by atoms with van der Waals surface area (Å²) < 4.78 is 13.4. The van der Waals surface area contributed by atoms with Crippen molar-refractivity contribution >= 4 is 6.29 Å². The van der Waals surface area contributed by atoms with Crippen molar-refractivity contribution in [3.63, 3.8) is 0 Å². The summed E-state index contributed by atoms with van der Waals surface area (Å²) in [6, 6.07) is 6.96. The topological polar surface area (TPSA) is 17.1 Å². The Labute approximate surface area is 71.2 Å². The maximum absolute atomic E-state index is 13.4. The minimum Gasteiger partial charge on any atom is -0.299 e. The molecule has 1 aromatic carbocycles. The summed E-state index contributed by atoms with van der Waals surface area (Å²) >= 11 is 0. The fourth-order valence-corrected chi connectivity index (χ4v) is 1.18. The maximum Gasteiger partial charge on any atom is 0.188 e. The lowest BCUT2D eigenvalue weighted by Gasteiger charge is -2.15. The number of carbonyl (C=O) groups is 1. The Morgan fingerprint density at radius 2 is 2.00 bits per heavy atom. The molecule has 0 aliphatic carbocycles. The smallest absolute Gasteiger partial charge is 0.188 e. The Hall–Kier alpha value is -1.18. The molecule has 0 aliphatic heterocycles. The SMILES string of the molecule is Cc1ccccc1C(C)(F)C=O. The number of aryl methyl sites for hydroxylation is 1. The highest BCUT2D eigenvalue weighted by Gasteiger charge is 2.25. The predicted octanol–water partition coefficient (Wildman–Crippen LogP) is 2.38. The molecule has 1 unspecified atom stereocenters. The van der Waals surface area contributed by atoms with Crippen LogP contribution in [0.4, 0.5) is 4.39 Å². The quantitative estimate of drug-likeness (QED) is 0.616. The van der Waals surface area contributed by atoms with Crippen molar-refractivity contribution in [3.05, 3.63) is 35.4 Å². The van der Waals surface area contributed by atoms with Crippen molar-refractivity contribution in [1.82, 2.24) is 0 Å². The Kier molecular flexibility index (Phi) is 2.27. The fourth-order valence-electron chi connectivity index (χ4n) is 1.18. The summed E-state index contributed by atoms with van der Waals surface area (Å²) in [6.07, 6.45) is 0.329. The van der Waals surface area contributed by atoms with Crippen LogP contribution in [-0.2, 0) is 10.5 Å². The van der Waals surface area contributed by atoms with E-state index in [1.165, 1.54) is 6.92 Å². The van der Waals surface area contributed by atoms with Crippen molar-refractivity contribution in [1.29, 1.82) is 0 Å². The van der Waals surface area contributed by atoms with E-state index in [9.17, 15) is 9.18 Å². The zero-order valence-corrected chi connectivity index (χ0v) is 7.17. The van der Waals surface area contributed by atoms with Gasteiger partial charge in [-0.15, -0.1) is 0 Å². The van der Waals surface area contributed by atoms with Crippen LogP contribution in [0.15, 0.2) is 24.3 Å². The van der Waals surface area contributed by atoms with Crippen LogP contribution in [0.25, 0.3) is 0 Å². The van der Waals surface area contributed by atoms with E-state index < -0.39 is 5.67 Å².